The van der Waals surface area contributed by atoms with E-state index in [9.17, 15) is 23.4 Å². The second-order valence-electron chi connectivity index (χ2n) is 4.97. The number of nitrogens with zero attached hydrogens (tertiary/aromatic N) is 2. The van der Waals surface area contributed by atoms with E-state index in [-0.39, 0.29) is 18.8 Å². The number of rotatable bonds is 1. The first kappa shape index (κ1) is 14.1. The SMILES string of the molecule is C[C@]1(O)CCN(c2cc(C(F)(F)F)ccn2)C[C@H]1O. The lowest BCUT2D eigenvalue weighted by atomic mass is 9.91. The molecule has 1 saturated heterocycles. The number of hydrogen-bond acceptors (Lipinski definition) is 4. The lowest BCUT2D eigenvalue weighted by Crippen LogP contribution is -2.54. The van der Waals surface area contributed by atoms with Gasteiger partial charge in [-0.1, -0.05) is 0 Å². The molecular weight excluding hydrogens is 261 g/mol. The van der Waals surface area contributed by atoms with Gasteiger partial charge in [0, 0.05) is 19.3 Å². The zero-order chi connectivity index (χ0) is 14.3. The van der Waals surface area contributed by atoms with Crippen molar-refractivity contribution in [3.63, 3.8) is 0 Å². The van der Waals surface area contributed by atoms with Gasteiger partial charge in [-0.3, -0.25) is 0 Å². The molecule has 0 unspecified atom stereocenters. The summed E-state index contributed by atoms with van der Waals surface area (Å²) in [5.41, 5.74) is -1.98. The average Bonchev–Trinajstić information content (AvgIpc) is 2.32. The van der Waals surface area contributed by atoms with Gasteiger partial charge in [-0.15, -0.1) is 0 Å². The van der Waals surface area contributed by atoms with Crippen LogP contribution in [0.2, 0.25) is 0 Å². The van der Waals surface area contributed by atoms with E-state index >= 15 is 0 Å². The number of hydrogen-bond donors (Lipinski definition) is 2. The van der Waals surface area contributed by atoms with Gasteiger partial charge in [0.15, 0.2) is 0 Å². The molecular formula is C12H15F3N2O2. The van der Waals surface area contributed by atoms with E-state index < -0.39 is 23.4 Å². The molecule has 2 rings (SSSR count). The van der Waals surface area contributed by atoms with E-state index in [4.69, 9.17) is 0 Å². The molecule has 0 aromatic carbocycles. The molecule has 2 atom stereocenters. The molecule has 0 spiro atoms. The number of pyridine rings is 1. The Bertz CT molecular complexity index is 463. The molecule has 1 aromatic heterocycles. The van der Waals surface area contributed by atoms with Crippen LogP contribution in [0.3, 0.4) is 0 Å². The highest BCUT2D eigenvalue weighted by molar-refractivity contribution is 5.43. The minimum absolute atomic E-state index is 0.0569. The van der Waals surface area contributed by atoms with Crippen LogP contribution in [-0.2, 0) is 6.18 Å². The Hall–Kier alpha value is -1.34. The largest absolute Gasteiger partial charge is 0.416 e. The molecule has 1 aromatic rings. The van der Waals surface area contributed by atoms with Crippen molar-refractivity contribution >= 4 is 5.82 Å². The van der Waals surface area contributed by atoms with Crippen molar-refractivity contribution in [3.8, 4) is 0 Å². The molecule has 19 heavy (non-hydrogen) atoms. The Labute approximate surface area is 108 Å². The first-order chi connectivity index (χ1) is 8.70. The zero-order valence-corrected chi connectivity index (χ0v) is 10.4. The summed E-state index contributed by atoms with van der Waals surface area (Å²) in [6.07, 6.45) is -4.07. The van der Waals surface area contributed by atoms with Crippen LogP contribution in [0, 0.1) is 0 Å². The van der Waals surface area contributed by atoms with Crippen molar-refractivity contribution in [2.75, 3.05) is 18.0 Å². The highest BCUT2D eigenvalue weighted by Crippen LogP contribution is 2.32. The number of piperidine rings is 1. The minimum atomic E-state index is -4.42. The van der Waals surface area contributed by atoms with E-state index in [2.05, 4.69) is 4.98 Å². The minimum Gasteiger partial charge on any atom is -0.388 e. The average molecular weight is 276 g/mol. The molecule has 0 saturated carbocycles. The van der Waals surface area contributed by atoms with Crippen molar-refractivity contribution in [2.24, 2.45) is 0 Å². The van der Waals surface area contributed by atoms with E-state index in [1.807, 2.05) is 0 Å². The van der Waals surface area contributed by atoms with Gasteiger partial charge in [-0.25, -0.2) is 4.98 Å². The second kappa shape index (κ2) is 4.64. The van der Waals surface area contributed by atoms with Gasteiger partial charge in [-0.05, 0) is 25.5 Å². The Morgan fingerprint density at radius 2 is 2.16 bits per heavy atom. The number of halogens is 3. The van der Waals surface area contributed by atoms with Crippen molar-refractivity contribution in [1.82, 2.24) is 4.98 Å². The lowest BCUT2D eigenvalue weighted by molar-refractivity contribution is -0.137. The quantitative estimate of drug-likeness (QED) is 0.814. The van der Waals surface area contributed by atoms with Crippen molar-refractivity contribution in [2.45, 2.75) is 31.2 Å². The summed E-state index contributed by atoms with van der Waals surface area (Å²) in [6.45, 7) is 1.91. The Kier molecular flexibility index (Phi) is 3.44. The smallest absolute Gasteiger partial charge is 0.388 e. The third kappa shape index (κ3) is 2.98. The Morgan fingerprint density at radius 3 is 2.74 bits per heavy atom. The first-order valence-corrected chi connectivity index (χ1v) is 5.89. The highest BCUT2D eigenvalue weighted by atomic mass is 19.4. The number of alkyl halides is 3. The van der Waals surface area contributed by atoms with Crippen molar-refractivity contribution in [3.05, 3.63) is 23.9 Å². The maximum absolute atomic E-state index is 12.6. The number of aliphatic hydroxyl groups is 2. The van der Waals surface area contributed by atoms with Crippen molar-refractivity contribution in [1.29, 1.82) is 0 Å². The molecule has 2 N–H and O–H groups in total. The fraction of sp³-hybridized carbons (Fsp3) is 0.583. The maximum atomic E-state index is 12.6. The predicted molar refractivity (Wildman–Crippen MR) is 62.7 cm³/mol. The van der Waals surface area contributed by atoms with E-state index in [1.165, 1.54) is 11.8 Å². The second-order valence-corrected chi connectivity index (χ2v) is 4.97. The van der Waals surface area contributed by atoms with Gasteiger partial charge >= 0.3 is 6.18 Å². The molecule has 4 nitrogen and oxygen atoms in total. The summed E-state index contributed by atoms with van der Waals surface area (Å²) in [5.74, 6) is 0.157. The van der Waals surface area contributed by atoms with Gasteiger partial charge in [-0.2, -0.15) is 13.2 Å². The molecule has 1 aliphatic heterocycles. The normalized spacial score (nSPS) is 28.5. The number of aliphatic hydroxyl groups excluding tert-OH is 1. The molecule has 0 aliphatic carbocycles. The summed E-state index contributed by atoms with van der Waals surface area (Å²) >= 11 is 0. The van der Waals surface area contributed by atoms with Gasteiger partial charge in [0.1, 0.15) is 5.82 Å². The first-order valence-electron chi connectivity index (χ1n) is 5.89. The van der Waals surface area contributed by atoms with E-state index in [1.54, 1.807) is 0 Å². The molecule has 106 valence electrons. The predicted octanol–water partition coefficient (Wildman–Crippen LogP) is 1.42. The van der Waals surface area contributed by atoms with Crippen LogP contribution in [0.1, 0.15) is 18.9 Å². The fourth-order valence-electron chi connectivity index (χ4n) is 2.00. The van der Waals surface area contributed by atoms with Gasteiger partial charge in [0.2, 0.25) is 0 Å². The van der Waals surface area contributed by atoms with Crippen molar-refractivity contribution < 1.29 is 23.4 Å². The Balaban J connectivity index is 2.20. The molecule has 0 bridgehead atoms. The topological polar surface area (TPSA) is 56.6 Å². The maximum Gasteiger partial charge on any atom is 0.416 e. The molecule has 0 amide bonds. The molecule has 0 radical (unpaired) electrons. The van der Waals surface area contributed by atoms with Gasteiger partial charge in [0.25, 0.3) is 0 Å². The monoisotopic (exact) mass is 276 g/mol. The standard InChI is InChI=1S/C12H15F3N2O2/c1-11(19)3-5-17(7-9(11)18)10-6-8(2-4-16-10)12(13,14)15/h2,4,6,9,18-19H,3,5,7H2,1H3/t9-,11+/m1/s1. The molecule has 1 aliphatic rings. The van der Waals surface area contributed by atoms with Crippen LogP contribution in [0.4, 0.5) is 19.0 Å². The summed E-state index contributed by atoms with van der Waals surface area (Å²) in [5, 5.41) is 19.6. The van der Waals surface area contributed by atoms with Crippen LogP contribution < -0.4 is 4.90 Å². The number of aromatic nitrogens is 1. The molecule has 2 heterocycles. The van der Waals surface area contributed by atoms with E-state index in [0.29, 0.717) is 6.54 Å². The third-order valence-electron chi connectivity index (χ3n) is 3.40. The summed E-state index contributed by atoms with van der Waals surface area (Å²) < 4.78 is 37.8. The third-order valence-corrected chi connectivity index (χ3v) is 3.40. The van der Waals surface area contributed by atoms with Gasteiger partial charge < -0.3 is 15.1 Å². The zero-order valence-electron chi connectivity index (χ0n) is 10.4. The van der Waals surface area contributed by atoms with Crippen LogP contribution in [0.15, 0.2) is 18.3 Å². The van der Waals surface area contributed by atoms with E-state index in [0.717, 1.165) is 18.3 Å². The summed E-state index contributed by atoms with van der Waals surface area (Å²) in [4.78, 5) is 5.43. The van der Waals surface area contributed by atoms with Gasteiger partial charge in [0.05, 0.1) is 17.3 Å². The summed E-state index contributed by atoms with van der Waals surface area (Å²) in [6, 6.07) is 1.85. The summed E-state index contributed by atoms with van der Waals surface area (Å²) in [7, 11) is 0. The molecule has 1 fully saturated rings. The van der Waals surface area contributed by atoms with Crippen LogP contribution >= 0.6 is 0 Å². The lowest BCUT2D eigenvalue weighted by Gasteiger charge is -2.40. The highest BCUT2D eigenvalue weighted by Gasteiger charge is 2.37. The van der Waals surface area contributed by atoms with Crippen LogP contribution in [0.25, 0.3) is 0 Å². The molecule has 7 heteroatoms. The number of anilines is 1. The van der Waals surface area contributed by atoms with Crippen LogP contribution in [-0.4, -0.2) is 40.0 Å². The Morgan fingerprint density at radius 1 is 1.47 bits per heavy atom. The fourth-order valence-corrected chi connectivity index (χ4v) is 2.00. The van der Waals surface area contributed by atoms with Crippen LogP contribution in [0.5, 0.6) is 0 Å². The number of β-amino-alcohol motifs (C(OH)–C–C–N with tert-alkyl or cyclic N) is 1.